The molecule has 0 radical (unpaired) electrons. The van der Waals surface area contributed by atoms with Crippen LogP contribution in [0.5, 0.6) is 0 Å². The van der Waals surface area contributed by atoms with Gasteiger partial charge in [-0.25, -0.2) is 4.98 Å². The van der Waals surface area contributed by atoms with Gasteiger partial charge in [0.05, 0.1) is 12.1 Å². The van der Waals surface area contributed by atoms with Gasteiger partial charge in [-0.15, -0.1) is 11.3 Å². The minimum Gasteiger partial charge on any atom is -0.447 e. The van der Waals surface area contributed by atoms with E-state index in [1.165, 1.54) is 6.39 Å². The van der Waals surface area contributed by atoms with Gasteiger partial charge in [0, 0.05) is 10.8 Å². The molecule has 2 aliphatic rings. The standard InChI is InChI=1S/C16H18N2O3S/c19-11-6-10(7-11)13(12-2-1-5-22-12)18-16(20)14-15(9-3-4-9)21-8-17-14/h1-2,5,8-11,13,19H,3-4,6-7H2,(H,18,20)/t10?,11?,13-/m1/s1. The lowest BCUT2D eigenvalue weighted by Gasteiger charge is -2.37. The van der Waals surface area contributed by atoms with E-state index in [0.717, 1.165) is 36.3 Å². The third-order valence-electron chi connectivity index (χ3n) is 4.52. The molecule has 2 N–H and O–H groups in total. The number of carbonyl (C=O) groups is 1. The van der Waals surface area contributed by atoms with Crippen LogP contribution in [0.15, 0.2) is 28.3 Å². The van der Waals surface area contributed by atoms with Crippen LogP contribution in [-0.2, 0) is 0 Å². The van der Waals surface area contributed by atoms with Gasteiger partial charge in [-0.1, -0.05) is 6.07 Å². The van der Waals surface area contributed by atoms with Gasteiger partial charge in [-0.3, -0.25) is 4.79 Å². The Balaban J connectivity index is 1.53. The first-order valence-electron chi connectivity index (χ1n) is 7.68. The fourth-order valence-corrected chi connectivity index (χ4v) is 3.93. The second-order valence-electron chi connectivity index (χ2n) is 6.19. The molecule has 2 saturated carbocycles. The van der Waals surface area contributed by atoms with Crippen molar-refractivity contribution in [3.8, 4) is 0 Å². The number of thiophene rings is 1. The Labute approximate surface area is 132 Å². The summed E-state index contributed by atoms with van der Waals surface area (Å²) in [5.74, 6) is 1.19. The number of nitrogens with one attached hydrogen (secondary N) is 1. The van der Waals surface area contributed by atoms with Crippen LogP contribution in [0.3, 0.4) is 0 Å². The lowest BCUT2D eigenvalue weighted by molar-refractivity contribution is 0.0240. The Kier molecular flexibility index (Phi) is 3.50. The number of hydrogen-bond acceptors (Lipinski definition) is 5. The van der Waals surface area contributed by atoms with E-state index in [1.807, 2.05) is 17.5 Å². The molecule has 22 heavy (non-hydrogen) atoms. The van der Waals surface area contributed by atoms with E-state index in [9.17, 15) is 9.90 Å². The summed E-state index contributed by atoms with van der Waals surface area (Å²) in [6.45, 7) is 0. The summed E-state index contributed by atoms with van der Waals surface area (Å²) in [5, 5.41) is 14.7. The van der Waals surface area contributed by atoms with Gasteiger partial charge in [-0.2, -0.15) is 0 Å². The van der Waals surface area contributed by atoms with E-state index in [1.54, 1.807) is 11.3 Å². The molecule has 0 spiro atoms. The summed E-state index contributed by atoms with van der Waals surface area (Å²) >= 11 is 1.63. The normalized spacial score (nSPS) is 25.5. The third-order valence-corrected chi connectivity index (χ3v) is 5.47. The molecule has 2 aromatic heterocycles. The molecule has 2 fully saturated rings. The lowest BCUT2D eigenvalue weighted by Crippen LogP contribution is -2.41. The van der Waals surface area contributed by atoms with E-state index in [4.69, 9.17) is 4.42 Å². The SMILES string of the molecule is O=C(N[C@@H](c1cccs1)C1CC(O)C1)c1ncoc1C1CC1. The highest BCUT2D eigenvalue weighted by Crippen LogP contribution is 2.42. The number of nitrogens with zero attached hydrogens (tertiary/aromatic N) is 1. The second kappa shape index (κ2) is 5.52. The molecule has 2 heterocycles. The molecule has 1 amide bonds. The highest BCUT2D eigenvalue weighted by Gasteiger charge is 2.38. The number of rotatable bonds is 5. The first kappa shape index (κ1) is 14.0. The molecule has 0 aliphatic heterocycles. The monoisotopic (exact) mass is 318 g/mol. The van der Waals surface area contributed by atoms with Crippen LogP contribution in [0.2, 0.25) is 0 Å². The maximum Gasteiger partial charge on any atom is 0.274 e. The Morgan fingerprint density at radius 2 is 2.27 bits per heavy atom. The number of aromatic nitrogens is 1. The topological polar surface area (TPSA) is 75.4 Å². The number of aliphatic hydroxyl groups is 1. The van der Waals surface area contributed by atoms with Gasteiger partial charge in [0.25, 0.3) is 5.91 Å². The Morgan fingerprint density at radius 3 is 2.91 bits per heavy atom. The van der Waals surface area contributed by atoms with Crippen molar-refractivity contribution in [3.63, 3.8) is 0 Å². The second-order valence-corrected chi connectivity index (χ2v) is 7.17. The fourth-order valence-electron chi connectivity index (χ4n) is 3.06. The largest absolute Gasteiger partial charge is 0.447 e. The minimum absolute atomic E-state index is 0.0559. The Morgan fingerprint density at radius 1 is 1.45 bits per heavy atom. The highest BCUT2D eigenvalue weighted by atomic mass is 32.1. The summed E-state index contributed by atoms with van der Waals surface area (Å²) in [6.07, 6.45) is 4.72. The van der Waals surface area contributed by atoms with Crippen molar-refractivity contribution in [2.45, 2.75) is 43.7 Å². The van der Waals surface area contributed by atoms with E-state index in [-0.39, 0.29) is 24.0 Å². The van der Waals surface area contributed by atoms with Crippen LogP contribution < -0.4 is 5.32 Å². The predicted molar refractivity (Wildman–Crippen MR) is 81.7 cm³/mol. The van der Waals surface area contributed by atoms with Crippen LogP contribution in [0, 0.1) is 5.92 Å². The predicted octanol–water partition coefficient (Wildman–Crippen LogP) is 2.86. The molecule has 1 atom stereocenters. The maximum absolute atomic E-state index is 12.6. The molecule has 2 aliphatic carbocycles. The molecule has 5 nitrogen and oxygen atoms in total. The maximum atomic E-state index is 12.6. The van der Waals surface area contributed by atoms with Crippen LogP contribution in [0.25, 0.3) is 0 Å². The van der Waals surface area contributed by atoms with Gasteiger partial charge in [-0.05, 0) is 43.0 Å². The summed E-state index contributed by atoms with van der Waals surface area (Å²) < 4.78 is 5.39. The van der Waals surface area contributed by atoms with Gasteiger partial charge < -0.3 is 14.8 Å². The van der Waals surface area contributed by atoms with Gasteiger partial charge in [0.15, 0.2) is 12.1 Å². The lowest BCUT2D eigenvalue weighted by atomic mass is 9.76. The zero-order chi connectivity index (χ0) is 15.1. The average molecular weight is 318 g/mol. The summed E-state index contributed by atoms with van der Waals surface area (Å²) in [5.41, 5.74) is 0.420. The number of aliphatic hydroxyl groups excluding tert-OH is 1. The quantitative estimate of drug-likeness (QED) is 0.889. The van der Waals surface area contributed by atoms with Crippen LogP contribution >= 0.6 is 11.3 Å². The summed E-state index contributed by atoms with van der Waals surface area (Å²) in [7, 11) is 0. The van der Waals surface area contributed by atoms with Crippen molar-refractivity contribution in [2.24, 2.45) is 5.92 Å². The molecule has 0 saturated heterocycles. The highest BCUT2D eigenvalue weighted by molar-refractivity contribution is 7.10. The van der Waals surface area contributed by atoms with E-state index in [2.05, 4.69) is 10.3 Å². The first-order chi connectivity index (χ1) is 10.7. The van der Waals surface area contributed by atoms with Crippen molar-refractivity contribution in [3.05, 3.63) is 40.2 Å². The molecular formula is C16H18N2O3S. The number of amides is 1. The van der Waals surface area contributed by atoms with E-state index >= 15 is 0 Å². The zero-order valence-corrected chi connectivity index (χ0v) is 12.9. The zero-order valence-electron chi connectivity index (χ0n) is 12.1. The summed E-state index contributed by atoms with van der Waals surface area (Å²) in [6, 6.07) is 3.96. The van der Waals surface area contributed by atoms with Crippen molar-refractivity contribution >= 4 is 17.2 Å². The Hall–Kier alpha value is -1.66. The van der Waals surface area contributed by atoms with Crippen LogP contribution in [0.1, 0.15) is 58.8 Å². The van der Waals surface area contributed by atoms with Crippen molar-refractivity contribution in [1.29, 1.82) is 0 Å². The smallest absolute Gasteiger partial charge is 0.274 e. The molecule has 116 valence electrons. The van der Waals surface area contributed by atoms with Crippen molar-refractivity contribution < 1.29 is 14.3 Å². The Bertz CT molecular complexity index is 657. The average Bonchev–Trinajstić information content (AvgIpc) is 3.01. The number of carbonyl (C=O) groups excluding carboxylic acids is 1. The van der Waals surface area contributed by atoms with Crippen LogP contribution in [0.4, 0.5) is 0 Å². The van der Waals surface area contributed by atoms with E-state index in [0.29, 0.717) is 11.6 Å². The number of hydrogen-bond donors (Lipinski definition) is 2. The third kappa shape index (κ3) is 2.57. The minimum atomic E-state index is -0.238. The summed E-state index contributed by atoms with van der Waals surface area (Å²) in [4.78, 5) is 17.8. The molecule has 4 rings (SSSR count). The molecule has 0 aromatic carbocycles. The van der Waals surface area contributed by atoms with E-state index < -0.39 is 0 Å². The fraction of sp³-hybridized carbons (Fsp3) is 0.500. The molecule has 6 heteroatoms. The van der Waals surface area contributed by atoms with Crippen molar-refractivity contribution in [2.75, 3.05) is 0 Å². The molecular weight excluding hydrogens is 300 g/mol. The van der Waals surface area contributed by atoms with Gasteiger partial charge >= 0.3 is 0 Å². The molecule has 0 bridgehead atoms. The molecule has 2 aromatic rings. The van der Waals surface area contributed by atoms with Gasteiger partial charge in [0.2, 0.25) is 0 Å². The van der Waals surface area contributed by atoms with Crippen LogP contribution in [-0.4, -0.2) is 22.1 Å². The number of oxazole rings is 1. The molecule has 0 unspecified atom stereocenters. The van der Waals surface area contributed by atoms with Gasteiger partial charge in [0.1, 0.15) is 5.76 Å². The van der Waals surface area contributed by atoms with Crippen molar-refractivity contribution in [1.82, 2.24) is 10.3 Å². The first-order valence-corrected chi connectivity index (χ1v) is 8.56.